The van der Waals surface area contributed by atoms with Crippen LogP contribution < -0.4 is 32.3 Å². The molecule has 41 heavy (non-hydrogen) atoms. The van der Waals surface area contributed by atoms with E-state index in [1.54, 1.807) is 30.3 Å². The maximum Gasteiger partial charge on any atom is 0.312 e. The van der Waals surface area contributed by atoms with E-state index < -0.39 is 23.9 Å². The van der Waals surface area contributed by atoms with Crippen LogP contribution >= 0.6 is 11.8 Å². The average molecular weight is 583 g/mol. The van der Waals surface area contributed by atoms with Gasteiger partial charge >= 0.3 is 6.03 Å². The lowest BCUT2D eigenvalue weighted by Gasteiger charge is -2.19. The molecule has 2 rings (SSSR count). The van der Waals surface area contributed by atoms with Crippen LogP contribution in [0.15, 0.2) is 41.7 Å². The molecule has 0 aliphatic carbocycles. The number of aromatic nitrogens is 2. The number of amides is 6. The van der Waals surface area contributed by atoms with Crippen molar-refractivity contribution in [2.75, 3.05) is 24.7 Å². The van der Waals surface area contributed by atoms with Crippen LogP contribution in [0.2, 0.25) is 0 Å². The Morgan fingerprint density at radius 1 is 1.07 bits per heavy atom. The summed E-state index contributed by atoms with van der Waals surface area (Å²) in [5.74, 6) is 4.59. The van der Waals surface area contributed by atoms with Crippen LogP contribution in [0.5, 0.6) is 0 Å². The second-order valence-electron chi connectivity index (χ2n) is 8.62. The summed E-state index contributed by atoms with van der Waals surface area (Å²) >= 11 is 1.49. The van der Waals surface area contributed by atoms with E-state index in [1.165, 1.54) is 18.1 Å². The quantitative estimate of drug-likeness (QED) is 0.0545. The number of thioether (sulfide) groups is 1. The monoisotopic (exact) mass is 582 g/mol. The molecule has 0 radical (unpaired) electrons. The van der Waals surface area contributed by atoms with E-state index in [2.05, 4.69) is 48.4 Å². The first-order chi connectivity index (χ1) is 19.8. The van der Waals surface area contributed by atoms with Crippen molar-refractivity contribution in [2.45, 2.75) is 49.7 Å². The molecule has 1 aromatic carbocycles. The van der Waals surface area contributed by atoms with E-state index in [0.717, 1.165) is 10.6 Å². The zero-order chi connectivity index (χ0) is 29.9. The molecule has 13 nitrogen and oxygen atoms in total. The van der Waals surface area contributed by atoms with Gasteiger partial charge in [-0.15, -0.1) is 11.8 Å². The van der Waals surface area contributed by atoms with Gasteiger partial charge in [0.05, 0.1) is 6.54 Å². The third-order valence-corrected chi connectivity index (χ3v) is 6.09. The van der Waals surface area contributed by atoms with Crippen LogP contribution in [0.3, 0.4) is 0 Å². The standard InChI is InChI=1S/C27H34N8O5S/c1-41-25-14-21(32-17-33-25)6-3-2-4-8-23(37)31-16-24(38)35-22(7-5-13-30-27(28)40)26(39)34-20-11-9-19(10-12-20)15-29-18-36/h9-12,14,17-18,22H,2,4-5,7-8,13,15-16H2,1H3,(H,29,36)(H,31,37)(H,34,39)(H,35,38)(H3,28,30,40). The number of urea groups is 1. The molecular weight excluding hydrogens is 548 g/mol. The molecule has 0 saturated carbocycles. The molecule has 7 N–H and O–H groups in total. The van der Waals surface area contributed by atoms with Gasteiger partial charge in [-0.1, -0.05) is 18.1 Å². The molecular formula is C27H34N8O5S. The molecule has 1 atom stereocenters. The van der Waals surface area contributed by atoms with Crippen LogP contribution in [-0.2, 0) is 25.7 Å². The first-order valence-electron chi connectivity index (χ1n) is 12.8. The summed E-state index contributed by atoms with van der Waals surface area (Å²) in [5.41, 5.74) is 7.03. The second-order valence-corrected chi connectivity index (χ2v) is 9.44. The van der Waals surface area contributed by atoms with Crippen LogP contribution in [0.1, 0.15) is 43.4 Å². The SMILES string of the molecule is CSc1cc(C#CCCCC(=O)NCC(=O)NC(CCCNC(N)=O)C(=O)Nc2ccc(CNC=O)cc2)ncn1. The van der Waals surface area contributed by atoms with Gasteiger partial charge in [-0.2, -0.15) is 0 Å². The van der Waals surface area contributed by atoms with Crippen molar-refractivity contribution >= 4 is 47.6 Å². The van der Waals surface area contributed by atoms with Crippen molar-refractivity contribution in [3.05, 3.63) is 47.9 Å². The number of unbranched alkanes of at least 4 members (excludes halogenated alkanes) is 1. The highest BCUT2D eigenvalue weighted by Crippen LogP contribution is 2.11. The number of anilines is 1. The molecule has 0 fully saturated rings. The number of carbonyl (C=O) groups is 5. The highest BCUT2D eigenvalue weighted by atomic mass is 32.2. The Hall–Kier alpha value is -4.64. The van der Waals surface area contributed by atoms with Crippen molar-refractivity contribution in [3.8, 4) is 11.8 Å². The van der Waals surface area contributed by atoms with Crippen LogP contribution in [-0.4, -0.2) is 65.5 Å². The van der Waals surface area contributed by atoms with Gasteiger partial charge in [0, 0.05) is 37.7 Å². The molecule has 0 saturated heterocycles. The first-order valence-corrected chi connectivity index (χ1v) is 14.0. The topological polar surface area (TPSA) is 197 Å². The van der Waals surface area contributed by atoms with Gasteiger partial charge in [0.1, 0.15) is 23.1 Å². The lowest BCUT2D eigenvalue weighted by atomic mass is 10.1. The van der Waals surface area contributed by atoms with Gasteiger partial charge < -0.3 is 32.3 Å². The average Bonchev–Trinajstić information content (AvgIpc) is 2.97. The molecule has 1 unspecified atom stereocenters. The Balaban J connectivity index is 1.82. The van der Waals surface area contributed by atoms with E-state index in [9.17, 15) is 24.0 Å². The Bertz CT molecular complexity index is 1250. The molecule has 14 heteroatoms. The van der Waals surface area contributed by atoms with E-state index in [-0.39, 0.29) is 31.8 Å². The number of hydrogen-bond acceptors (Lipinski definition) is 8. The van der Waals surface area contributed by atoms with Crippen molar-refractivity contribution in [3.63, 3.8) is 0 Å². The summed E-state index contributed by atoms with van der Waals surface area (Å²) in [6, 6.07) is 7.01. The van der Waals surface area contributed by atoms with Crippen molar-refractivity contribution in [1.29, 1.82) is 0 Å². The minimum Gasteiger partial charge on any atom is -0.355 e. The zero-order valence-electron chi connectivity index (χ0n) is 22.7. The molecule has 0 aliphatic heterocycles. The van der Waals surface area contributed by atoms with E-state index in [0.29, 0.717) is 43.6 Å². The molecule has 0 aliphatic rings. The summed E-state index contributed by atoms with van der Waals surface area (Å²) in [6.45, 7) is 0.276. The first kappa shape index (κ1) is 32.6. The minimum absolute atomic E-state index is 0.183. The third-order valence-electron chi connectivity index (χ3n) is 5.45. The number of rotatable bonds is 16. The fourth-order valence-electron chi connectivity index (χ4n) is 3.40. The van der Waals surface area contributed by atoms with Gasteiger partial charge in [-0.25, -0.2) is 14.8 Å². The van der Waals surface area contributed by atoms with Crippen molar-refractivity contribution in [2.24, 2.45) is 5.73 Å². The zero-order valence-corrected chi connectivity index (χ0v) is 23.5. The van der Waals surface area contributed by atoms with Gasteiger partial charge in [-0.05, 0) is 49.1 Å². The minimum atomic E-state index is -0.922. The third kappa shape index (κ3) is 13.8. The molecule has 2 aromatic rings. The maximum atomic E-state index is 12.9. The maximum absolute atomic E-state index is 12.9. The second kappa shape index (κ2) is 18.6. The molecule has 218 valence electrons. The fourth-order valence-corrected chi connectivity index (χ4v) is 3.79. The summed E-state index contributed by atoms with van der Waals surface area (Å²) in [7, 11) is 0. The Morgan fingerprint density at radius 2 is 1.85 bits per heavy atom. The van der Waals surface area contributed by atoms with Gasteiger partial charge in [0.2, 0.25) is 24.1 Å². The van der Waals surface area contributed by atoms with Crippen LogP contribution in [0, 0.1) is 11.8 Å². The molecule has 6 amide bonds. The number of carbonyl (C=O) groups excluding carboxylic acids is 5. The number of hydrogen-bond donors (Lipinski definition) is 6. The van der Waals surface area contributed by atoms with Gasteiger partial charge in [0.25, 0.3) is 0 Å². The van der Waals surface area contributed by atoms with E-state index in [1.807, 2.05) is 6.26 Å². The van der Waals surface area contributed by atoms with Crippen LogP contribution in [0.4, 0.5) is 10.5 Å². The highest BCUT2D eigenvalue weighted by Gasteiger charge is 2.21. The normalized spacial score (nSPS) is 10.8. The Morgan fingerprint density at radius 3 is 2.56 bits per heavy atom. The lowest BCUT2D eigenvalue weighted by molar-refractivity contribution is -0.128. The smallest absolute Gasteiger partial charge is 0.312 e. The number of nitrogens with two attached hydrogens (primary N) is 1. The van der Waals surface area contributed by atoms with E-state index >= 15 is 0 Å². The Labute approximate surface area is 242 Å². The predicted molar refractivity (Wildman–Crippen MR) is 154 cm³/mol. The number of primary amides is 1. The number of nitrogens with one attached hydrogen (secondary N) is 5. The lowest BCUT2D eigenvalue weighted by Crippen LogP contribution is -2.47. The number of nitrogens with zero attached hydrogens (tertiary/aromatic N) is 2. The molecule has 1 aromatic heterocycles. The number of benzene rings is 1. The van der Waals surface area contributed by atoms with Gasteiger partial charge in [-0.3, -0.25) is 19.2 Å². The Kier molecular flexibility index (Phi) is 14.8. The van der Waals surface area contributed by atoms with E-state index in [4.69, 9.17) is 5.73 Å². The predicted octanol–water partition coefficient (Wildman–Crippen LogP) is 0.655. The summed E-state index contributed by atoms with van der Waals surface area (Å²) in [4.78, 5) is 67.1. The molecule has 1 heterocycles. The van der Waals surface area contributed by atoms with Crippen LogP contribution in [0.25, 0.3) is 0 Å². The largest absolute Gasteiger partial charge is 0.355 e. The van der Waals surface area contributed by atoms with Gasteiger partial charge in [0.15, 0.2) is 0 Å². The van der Waals surface area contributed by atoms with Crippen molar-refractivity contribution in [1.82, 2.24) is 31.2 Å². The molecule has 0 bridgehead atoms. The van der Waals surface area contributed by atoms with Crippen molar-refractivity contribution < 1.29 is 24.0 Å². The summed E-state index contributed by atoms with van der Waals surface area (Å²) < 4.78 is 0. The highest BCUT2D eigenvalue weighted by molar-refractivity contribution is 7.98. The summed E-state index contributed by atoms with van der Waals surface area (Å²) in [5, 5.41) is 13.7. The molecule has 0 spiro atoms. The summed E-state index contributed by atoms with van der Waals surface area (Å²) in [6.07, 6.45) is 5.72. The fraction of sp³-hybridized carbons (Fsp3) is 0.370.